The molecule has 0 fully saturated rings. The van der Waals surface area contributed by atoms with Crippen molar-refractivity contribution in [2.24, 2.45) is 4.99 Å². The molecule has 0 spiro atoms. The summed E-state index contributed by atoms with van der Waals surface area (Å²) in [4.78, 5) is 28.5. The van der Waals surface area contributed by atoms with Crippen molar-refractivity contribution in [3.8, 4) is 11.5 Å². The highest BCUT2D eigenvalue weighted by Gasteiger charge is 2.13. The van der Waals surface area contributed by atoms with Crippen LogP contribution in [0.2, 0.25) is 0 Å². The topological polar surface area (TPSA) is 83.0 Å². The summed E-state index contributed by atoms with van der Waals surface area (Å²) < 4.78 is 10.6. The van der Waals surface area contributed by atoms with Crippen LogP contribution in [-0.4, -0.2) is 56.1 Å². The highest BCUT2D eigenvalue weighted by Crippen LogP contribution is 2.30. The summed E-state index contributed by atoms with van der Waals surface area (Å²) in [5.41, 5.74) is 2.24. The molecular weight excluding hydrogens is 382 g/mol. The molecule has 0 aliphatic carbocycles. The van der Waals surface area contributed by atoms with E-state index in [2.05, 4.69) is 15.0 Å². The fraction of sp³-hybridized carbons (Fsp3) is 0.318. The SMILES string of the molecule is COc1cc2[nH]c(N(C)Cc3cccc(N=C(C)N(C)C)c3)nc(=O)c2cc1OC. The first-order valence-electron chi connectivity index (χ1n) is 9.51. The van der Waals surface area contributed by atoms with Gasteiger partial charge in [-0.15, -0.1) is 0 Å². The van der Waals surface area contributed by atoms with Gasteiger partial charge >= 0.3 is 0 Å². The van der Waals surface area contributed by atoms with Gasteiger partial charge in [-0.05, 0) is 30.7 Å². The number of anilines is 1. The Bertz CT molecular complexity index is 1140. The van der Waals surface area contributed by atoms with Crippen LogP contribution >= 0.6 is 0 Å². The fourth-order valence-electron chi connectivity index (χ4n) is 3.00. The summed E-state index contributed by atoms with van der Waals surface area (Å²) in [5, 5.41) is 0.445. The molecule has 3 aromatic rings. The Morgan fingerprint density at radius 2 is 1.80 bits per heavy atom. The van der Waals surface area contributed by atoms with Crippen molar-refractivity contribution in [1.82, 2.24) is 14.9 Å². The second-order valence-corrected chi connectivity index (χ2v) is 7.20. The van der Waals surface area contributed by atoms with Gasteiger partial charge in [0.1, 0.15) is 5.84 Å². The van der Waals surface area contributed by atoms with Crippen molar-refractivity contribution in [2.75, 3.05) is 40.3 Å². The summed E-state index contributed by atoms with van der Waals surface area (Å²) in [6.45, 7) is 2.53. The van der Waals surface area contributed by atoms with E-state index in [0.29, 0.717) is 34.9 Å². The molecule has 0 saturated heterocycles. The van der Waals surface area contributed by atoms with E-state index in [0.717, 1.165) is 17.1 Å². The molecule has 30 heavy (non-hydrogen) atoms. The van der Waals surface area contributed by atoms with Gasteiger partial charge in [-0.25, -0.2) is 4.99 Å². The second kappa shape index (κ2) is 8.86. The van der Waals surface area contributed by atoms with Crippen molar-refractivity contribution in [2.45, 2.75) is 13.5 Å². The van der Waals surface area contributed by atoms with E-state index in [4.69, 9.17) is 9.47 Å². The number of nitrogens with zero attached hydrogens (tertiary/aromatic N) is 4. The molecule has 1 N–H and O–H groups in total. The van der Waals surface area contributed by atoms with Crippen molar-refractivity contribution in [3.05, 3.63) is 52.3 Å². The lowest BCUT2D eigenvalue weighted by Gasteiger charge is -2.19. The number of methoxy groups -OCH3 is 2. The highest BCUT2D eigenvalue weighted by molar-refractivity contribution is 5.83. The third-order valence-corrected chi connectivity index (χ3v) is 4.84. The molecule has 0 atom stereocenters. The van der Waals surface area contributed by atoms with Gasteiger partial charge in [0.15, 0.2) is 11.5 Å². The Morgan fingerprint density at radius 1 is 1.10 bits per heavy atom. The number of hydrogen-bond acceptors (Lipinski definition) is 6. The summed E-state index contributed by atoms with van der Waals surface area (Å²) in [7, 11) is 8.90. The van der Waals surface area contributed by atoms with Crippen LogP contribution in [0.4, 0.5) is 11.6 Å². The zero-order chi connectivity index (χ0) is 21.8. The number of rotatable bonds is 6. The lowest BCUT2D eigenvalue weighted by Crippen LogP contribution is -2.23. The average molecular weight is 409 g/mol. The van der Waals surface area contributed by atoms with E-state index in [1.807, 2.05) is 62.1 Å². The molecule has 0 aliphatic rings. The number of amidine groups is 1. The fourth-order valence-corrected chi connectivity index (χ4v) is 3.00. The zero-order valence-corrected chi connectivity index (χ0v) is 18.2. The number of H-pyrrole nitrogens is 1. The molecule has 0 amide bonds. The lowest BCUT2D eigenvalue weighted by atomic mass is 10.2. The number of aliphatic imine (C=N–C) groups is 1. The maximum atomic E-state index is 12.6. The van der Waals surface area contributed by atoms with Gasteiger partial charge in [0.05, 0.1) is 30.8 Å². The van der Waals surface area contributed by atoms with Gasteiger partial charge in [0, 0.05) is 33.8 Å². The van der Waals surface area contributed by atoms with Crippen LogP contribution in [0.1, 0.15) is 12.5 Å². The Labute approximate surface area is 175 Å². The van der Waals surface area contributed by atoms with Gasteiger partial charge < -0.3 is 24.3 Å². The summed E-state index contributed by atoms with van der Waals surface area (Å²) in [6.07, 6.45) is 0. The molecular formula is C22H27N5O3. The van der Waals surface area contributed by atoms with E-state index in [-0.39, 0.29) is 5.56 Å². The van der Waals surface area contributed by atoms with E-state index in [1.165, 1.54) is 7.11 Å². The Kier molecular flexibility index (Phi) is 6.25. The van der Waals surface area contributed by atoms with E-state index in [1.54, 1.807) is 19.2 Å². The number of fused-ring (bicyclic) bond motifs is 1. The van der Waals surface area contributed by atoms with Crippen LogP contribution in [0.25, 0.3) is 10.9 Å². The van der Waals surface area contributed by atoms with Crippen LogP contribution in [0.15, 0.2) is 46.2 Å². The molecule has 3 rings (SSSR count). The molecule has 0 unspecified atom stereocenters. The zero-order valence-electron chi connectivity index (χ0n) is 18.2. The minimum absolute atomic E-state index is 0.327. The van der Waals surface area contributed by atoms with Crippen molar-refractivity contribution < 1.29 is 9.47 Å². The third kappa shape index (κ3) is 4.53. The number of aromatic amines is 1. The summed E-state index contributed by atoms with van der Waals surface area (Å²) >= 11 is 0. The van der Waals surface area contributed by atoms with Gasteiger partial charge in [0.2, 0.25) is 5.95 Å². The van der Waals surface area contributed by atoms with Crippen molar-refractivity contribution in [1.29, 1.82) is 0 Å². The van der Waals surface area contributed by atoms with Gasteiger partial charge in [-0.3, -0.25) is 4.79 Å². The largest absolute Gasteiger partial charge is 0.493 e. The van der Waals surface area contributed by atoms with Crippen LogP contribution < -0.4 is 19.9 Å². The number of ether oxygens (including phenoxy) is 2. The lowest BCUT2D eigenvalue weighted by molar-refractivity contribution is 0.355. The Hall–Kier alpha value is -3.55. The molecule has 158 valence electrons. The Morgan fingerprint density at radius 3 is 2.47 bits per heavy atom. The maximum Gasteiger partial charge on any atom is 0.282 e. The number of nitrogens with one attached hydrogen (secondary N) is 1. The predicted octanol–water partition coefficient (Wildman–Crippen LogP) is 3.19. The molecule has 2 aromatic carbocycles. The second-order valence-electron chi connectivity index (χ2n) is 7.20. The van der Waals surface area contributed by atoms with E-state index < -0.39 is 0 Å². The number of aromatic nitrogens is 2. The number of benzene rings is 2. The average Bonchev–Trinajstić information content (AvgIpc) is 2.72. The molecule has 0 bridgehead atoms. The maximum absolute atomic E-state index is 12.6. The molecule has 0 aliphatic heterocycles. The van der Waals surface area contributed by atoms with Gasteiger partial charge in [-0.2, -0.15) is 4.98 Å². The monoisotopic (exact) mass is 409 g/mol. The minimum atomic E-state index is -0.327. The third-order valence-electron chi connectivity index (χ3n) is 4.84. The standard InChI is InChI=1S/C22H27N5O3/c1-14(26(2)3)23-16-9-7-8-15(10-16)13-27(4)22-24-18-12-20(30-6)19(29-5)11-17(18)21(28)25-22/h7-12H,13H2,1-6H3,(H,24,25,28). The normalized spacial score (nSPS) is 11.5. The molecule has 1 aromatic heterocycles. The first-order valence-corrected chi connectivity index (χ1v) is 9.51. The predicted molar refractivity (Wildman–Crippen MR) is 120 cm³/mol. The quantitative estimate of drug-likeness (QED) is 0.497. The molecule has 1 heterocycles. The number of hydrogen-bond donors (Lipinski definition) is 1. The van der Waals surface area contributed by atoms with Crippen LogP contribution in [0, 0.1) is 0 Å². The van der Waals surface area contributed by atoms with Crippen molar-refractivity contribution >= 4 is 28.4 Å². The molecule has 8 nitrogen and oxygen atoms in total. The van der Waals surface area contributed by atoms with Gasteiger partial charge in [0.25, 0.3) is 5.56 Å². The van der Waals surface area contributed by atoms with Gasteiger partial charge in [-0.1, -0.05) is 12.1 Å². The molecule has 8 heteroatoms. The molecule has 0 radical (unpaired) electrons. The van der Waals surface area contributed by atoms with E-state index in [9.17, 15) is 4.79 Å². The van der Waals surface area contributed by atoms with Crippen molar-refractivity contribution in [3.63, 3.8) is 0 Å². The first kappa shape index (κ1) is 21.2. The summed E-state index contributed by atoms with van der Waals surface area (Å²) in [5.74, 6) is 2.43. The summed E-state index contributed by atoms with van der Waals surface area (Å²) in [6, 6.07) is 11.4. The smallest absolute Gasteiger partial charge is 0.282 e. The highest BCUT2D eigenvalue weighted by atomic mass is 16.5. The Balaban J connectivity index is 1.91. The molecule has 0 saturated carbocycles. The van der Waals surface area contributed by atoms with Crippen LogP contribution in [-0.2, 0) is 6.54 Å². The van der Waals surface area contributed by atoms with E-state index >= 15 is 0 Å². The minimum Gasteiger partial charge on any atom is -0.493 e. The van der Waals surface area contributed by atoms with Crippen LogP contribution in [0.5, 0.6) is 11.5 Å². The van der Waals surface area contributed by atoms with Crippen LogP contribution in [0.3, 0.4) is 0 Å². The first-order chi connectivity index (χ1) is 14.3.